The number of nitrogens with two attached hydrogens (primary N) is 1. The minimum Gasteiger partial charge on any atom is -0.476 e. The van der Waals surface area contributed by atoms with E-state index in [0.717, 1.165) is 6.92 Å². The molecule has 24 heteroatoms. The molecule has 1 saturated carbocycles. The summed E-state index contributed by atoms with van der Waals surface area (Å²) in [5.41, 5.74) is 4.48. The minimum absolute atomic E-state index is 0.0110. The largest absolute Gasteiger partial charge is 0.476 e. The van der Waals surface area contributed by atoms with Gasteiger partial charge in [0.05, 0.1) is 55.1 Å². The van der Waals surface area contributed by atoms with Gasteiger partial charge < -0.3 is 74.7 Å². The normalized spacial score (nSPS) is 37.6. The number of carbonyl (C=O) groups excluding carboxylic acids is 1. The lowest BCUT2D eigenvalue weighted by molar-refractivity contribution is -0.285. The fourth-order valence-corrected chi connectivity index (χ4v) is 12.2. The Morgan fingerprint density at radius 2 is 1.96 bits per heavy atom. The fourth-order valence-electron chi connectivity index (χ4n) is 7.48. The number of aromatic nitrogens is 4. The molecule has 6 heterocycles. The van der Waals surface area contributed by atoms with Gasteiger partial charge >= 0.3 is 19.4 Å². The van der Waals surface area contributed by atoms with Gasteiger partial charge in [0, 0.05) is 24.2 Å². The summed E-state index contributed by atoms with van der Waals surface area (Å²) >= 11 is 6.45. The number of nitrogens with one attached hydrogen (secondary N) is 2. The summed E-state index contributed by atoms with van der Waals surface area (Å²) in [4.78, 5) is 35.8. The Balaban J connectivity index is 1.08. The van der Waals surface area contributed by atoms with E-state index in [-0.39, 0.29) is 52.8 Å². The molecule has 10 atom stereocenters. The van der Waals surface area contributed by atoms with Gasteiger partial charge in [-0.15, -0.1) is 11.8 Å². The number of amides is 1. The number of aliphatic carboxylic acids is 1. The lowest BCUT2D eigenvalue weighted by atomic mass is 9.70. The molecular formula is C30H39N6O15PS2. The predicted octanol–water partition coefficient (Wildman–Crippen LogP) is -0.609. The maximum atomic E-state index is 14.3. The number of ether oxygens (including phenoxy) is 2. The first kappa shape index (κ1) is 39.1. The van der Waals surface area contributed by atoms with Gasteiger partial charge in [0.15, 0.2) is 11.2 Å². The van der Waals surface area contributed by atoms with Gasteiger partial charge in [-0.05, 0) is 32.0 Å². The molecule has 0 aromatic carbocycles. The average molecular weight is 819 g/mol. The van der Waals surface area contributed by atoms with Gasteiger partial charge in [0.25, 0.3) is 6.01 Å². The number of fused-ring (bicyclic) bond motifs is 2. The molecule has 0 radical (unpaired) electrons. The summed E-state index contributed by atoms with van der Waals surface area (Å²) in [5.74, 6) is -5.30. The second-order valence-corrected chi connectivity index (χ2v) is 18.2. The Labute approximate surface area is 314 Å². The van der Waals surface area contributed by atoms with Crippen LogP contribution in [0.3, 0.4) is 0 Å². The number of carboxylic acids is 1. The molecule has 3 aromatic heterocycles. The van der Waals surface area contributed by atoms with Crippen LogP contribution in [0.1, 0.15) is 49.6 Å². The van der Waals surface area contributed by atoms with Crippen LogP contribution in [0.5, 0.6) is 5.88 Å². The van der Waals surface area contributed by atoms with E-state index in [2.05, 4.69) is 20.3 Å². The van der Waals surface area contributed by atoms with E-state index in [0.29, 0.717) is 5.56 Å². The highest BCUT2D eigenvalue weighted by atomic mass is 32.2. The van der Waals surface area contributed by atoms with E-state index in [1.54, 1.807) is 4.57 Å². The van der Waals surface area contributed by atoms with E-state index in [9.17, 15) is 49.9 Å². The lowest BCUT2D eigenvalue weighted by Crippen LogP contribution is -2.68. The number of nitrogen functional groups attached to an aromatic ring is 1. The van der Waals surface area contributed by atoms with Crippen molar-refractivity contribution >= 4 is 60.6 Å². The summed E-state index contributed by atoms with van der Waals surface area (Å²) in [6.07, 6.45) is -6.27. The fraction of sp³-hybridized carbons (Fsp3) is 0.633. The van der Waals surface area contributed by atoms with Gasteiger partial charge in [-0.2, -0.15) is 4.98 Å². The number of nitrogens with zero attached hydrogens (tertiary/aromatic N) is 3. The number of imidazole rings is 1. The monoisotopic (exact) mass is 818 g/mol. The molecule has 1 aliphatic carbocycles. The molecule has 3 aromatic rings. The van der Waals surface area contributed by atoms with Crippen molar-refractivity contribution in [2.75, 3.05) is 12.3 Å². The van der Waals surface area contributed by atoms with E-state index in [1.807, 2.05) is 0 Å². The zero-order chi connectivity index (χ0) is 39.1. The molecular weight excluding hydrogens is 779 g/mol. The zero-order valence-electron chi connectivity index (χ0n) is 28.6. The summed E-state index contributed by atoms with van der Waals surface area (Å²) in [6.45, 7) is 1.01. The number of thioether (sulfide) groups is 1. The SMILES string of the molecule is CC(=O)N[C@H]1[C@H]([C@H](O)[C@H](O)CO)O[C@](Oc2[nH]cc3c2COP(=O)(C2CC4(C2)SC(n2cnc5c(=S)oc(N)nc52)C(O)C4(C)O)OC3)(C(=O)O)C[C@@H]1O. The third kappa shape index (κ3) is 6.23. The quantitative estimate of drug-likeness (QED) is 0.0951. The van der Waals surface area contributed by atoms with Crippen LogP contribution in [0.25, 0.3) is 11.2 Å². The van der Waals surface area contributed by atoms with Gasteiger partial charge in [-0.3, -0.25) is 13.9 Å². The van der Waals surface area contributed by atoms with Gasteiger partial charge in [0.1, 0.15) is 35.4 Å². The van der Waals surface area contributed by atoms with Crippen molar-refractivity contribution in [2.45, 2.75) is 110 Å². The van der Waals surface area contributed by atoms with Crippen molar-refractivity contribution in [3.05, 3.63) is 28.4 Å². The number of aliphatic hydroxyl groups is 6. The number of hydrogen-bond donors (Lipinski definition) is 10. The van der Waals surface area contributed by atoms with Crippen LogP contribution in [-0.4, -0.2) is 132 Å². The first-order chi connectivity index (χ1) is 25.3. The number of carboxylic acid groups (broad SMARTS) is 1. The number of carbonyl (C=O) groups is 2. The number of rotatable bonds is 9. The Morgan fingerprint density at radius 1 is 1.26 bits per heavy atom. The van der Waals surface area contributed by atoms with Crippen LogP contribution >= 0.6 is 31.6 Å². The predicted molar refractivity (Wildman–Crippen MR) is 185 cm³/mol. The van der Waals surface area contributed by atoms with Gasteiger partial charge in [0.2, 0.25) is 16.5 Å². The first-order valence-corrected chi connectivity index (χ1v) is 19.6. The molecule has 4 unspecified atom stereocenters. The Bertz CT molecular complexity index is 2070. The molecule has 11 N–H and O–H groups in total. The molecule has 7 rings (SSSR count). The van der Waals surface area contributed by atoms with Crippen molar-refractivity contribution in [3.63, 3.8) is 0 Å². The average Bonchev–Trinajstić information content (AvgIpc) is 3.70. The van der Waals surface area contributed by atoms with Crippen molar-refractivity contribution in [1.29, 1.82) is 0 Å². The third-order valence-electron chi connectivity index (χ3n) is 10.6. The molecule has 0 bridgehead atoms. The van der Waals surface area contributed by atoms with E-state index in [4.69, 9.17) is 40.9 Å². The molecule has 296 valence electrons. The van der Waals surface area contributed by atoms with Crippen molar-refractivity contribution in [3.8, 4) is 5.88 Å². The third-order valence-corrected chi connectivity index (χ3v) is 15.1. The maximum absolute atomic E-state index is 14.3. The first-order valence-electron chi connectivity index (χ1n) is 16.7. The number of H-pyrrole nitrogens is 1. The molecule has 1 spiro atoms. The minimum atomic E-state index is -3.93. The highest BCUT2D eigenvalue weighted by Gasteiger charge is 2.70. The highest BCUT2D eigenvalue weighted by Crippen LogP contribution is 2.72. The van der Waals surface area contributed by atoms with Crippen molar-refractivity contribution in [2.24, 2.45) is 0 Å². The number of aromatic amines is 1. The van der Waals surface area contributed by atoms with Crippen LogP contribution in [0.4, 0.5) is 6.01 Å². The molecule has 3 fully saturated rings. The van der Waals surface area contributed by atoms with E-state index < -0.39 is 103 Å². The number of anilines is 1. The van der Waals surface area contributed by atoms with E-state index >= 15 is 0 Å². The van der Waals surface area contributed by atoms with Crippen LogP contribution in [0, 0.1) is 4.71 Å². The molecule has 2 saturated heterocycles. The Morgan fingerprint density at radius 3 is 2.63 bits per heavy atom. The van der Waals surface area contributed by atoms with Crippen molar-refractivity contribution < 1.29 is 72.8 Å². The molecule has 1 amide bonds. The maximum Gasteiger partial charge on any atom is 0.377 e. The van der Waals surface area contributed by atoms with Crippen molar-refractivity contribution in [1.82, 2.24) is 24.8 Å². The van der Waals surface area contributed by atoms with Crippen LogP contribution in [0.2, 0.25) is 0 Å². The Kier molecular flexibility index (Phi) is 9.97. The molecule has 4 aliphatic rings. The van der Waals surface area contributed by atoms with Gasteiger partial charge in [-0.1, -0.05) is 0 Å². The van der Waals surface area contributed by atoms with Gasteiger partial charge in [-0.25, -0.2) is 9.78 Å². The lowest BCUT2D eigenvalue weighted by Gasteiger charge is -2.52. The molecule has 54 heavy (non-hydrogen) atoms. The molecule has 21 nitrogen and oxygen atoms in total. The summed E-state index contributed by atoms with van der Waals surface area (Å²) in [5, 5.41) is 76.2. The van der Waals surface area contributed by atoms with E-state index in [1.165, 1.54) is 31.2 Å². The Hall–Kier alpha value is -3.19. The van der Waals surface area contributed by atoms with Crippen LogP contribution in [-0.2, 0) is 41.2 Å². The summed E-state index contributed by atoms with van der Waals surface area (Å²) in [7, 11) is -3.93. The number of aliphatic hydroxyl groups excluding tert-OH is 5. The standard InChI is InChI=1S/C30H39N6O15PS2/c1-11(38)34-17-15(39)5-30(26(43)44,50-20(17)19(41)16(40)7-37)51-23-14-9-48-52(46,47-8-12(14)6-32-23)13-3-29(4-13)28(2,45)21(42)24(54-29)36-10-33-18-22(36)35-27(31)49-25(18)53/h6,10,13,15-17,19-21,24,32,37,39-42,45H,3-5,7-9H2,1-2H3,(H2,31,35)(H,34,38)(H,43,44)/t13?,15-,16+,17+,19+,20+,21?,24?,28?,29?,30+,52?/m0/s1. The molecule has 3 aliphatic heterocycles. The van der Waals surface area contributed by atoms with Crippen LogP contribution < -0.4 is 15.8 Å². The smallest absolute Gasteiger partial charge is 0.377 e. The topological polar surface area (TPSA) is 327 Å². The van der Waals surface area contributed by atoms with Crippen LogP contribution in [0.15, 0.2) is 16.9 Å². The highest BCUT2D eigenvalue weighted by molar-refractivity contribution is 8.01. The zero-order valence-corrected chi connectivity index (χ0v) is 31.1. The second-order valence-electron chi connectivity index (χ2n) is 14.0. The summed E-state index contributed by atoms with van der Waals surface area (Å²) < 4.78 is 43.4. The second kappa shape index (κ2) is 13.8. The number of hydrogen-bond acceptors (Lipinski definition) is 19. The summed E-state index contributed by atoms with van der Waals surface area (Å²) in [6, 6.07) is -1.60.